The van der Waals surface area contributed by atoms with Gasteiger partial charge in [-0.15, -0.1) is 0 Å². The van der Waals surface area contributed by atoms with Crippen molar-refractivity contribution in [2.45, 2.75) is 52.6 Å². The number of aliphatic hydroxyl groups is 2. The van der Waals surface area contributed by atoms with E-state index in [9.17, 15) is 9.90 Å². The van der Waals surface area contributed by atoms with E-state index in [1.54, 1.807) is 6.92 Å². The van der Waals surface area contributed by atoms with Gasteiger partial charge in [0.15, 0.2) is 0 Å². The van der Waals surface area contributed by atoms with Crippen LogP contribution in [-0.4, -0.2) is 35.4 Å². The first kappa shape index (κ1) is 15.4. The molecule has 0 bridgehead atoms. The number of carbonyl (C=O) groups is 1. The van der Waals surface area contributed by atoms with E-state index in [1.165, 1.54) is 0 Å². The van der Waals surface area contributed by atoms with E-state index >= 15 is 0 Å². The van der Waals surface area contributed by atoms with Crippen LogP contribution in [0.25, 0.3) is 0 Å². The SMILES string of the molecule is CCC(CC)(CO)CNC(=O)CCC(C)O. The van der Waals surface area contributed by atoms with E-state index in [0.29, 0.717) is 19.4 Å². The van der Waals surface area contributed by atoms with Crippen LogP contribution in [0.1, 0.15) is 46.5 Å². The van der Waals surface area contributed by atoms with Gasteiger partial charge in [-0.05, 0) is 26.2 Å². The molecule has 0 saturated heterocycles. The van der Waals surface area contributed by atoms with E-state index in [-0.39, 0.29) is 17.9 Å². The molecule has 0 radical (unpaired) electrons. The monoisotopic (exact) mass is 231 g/mol. The summed E-state index contributed by atoms with van der Waals surface area (Å²) in [6, 6.07) is 0. The molecule has 0 spiro atoms. The third kappa shape index (κ3) is 5.47. The van der Waals surface area contributed by atoms with Gasteiger partial charge in [0.25, 0.3) is 0 Å². The molecule has 4 nitrogen and oxygen atoms in total. The Kier molecular flexibility index (Phi) is 7.34. The Morgan fingerprint density at radius 2 is 1.94 bits per heavy atom. The predicted molar refractivity (Wildman–Crippen MR) is 64.0 cm³/mol. The lowest BCUT2D eigenvalue weighted by Crippen LogP contribution is -2.39. The molecule has 0 aliphatic rings. The van der Waals surface area contributed by atoms with Crippen LogP contribution in [0.5, 0.6) is 0 Å². The highest BCUT2D eigenvalue weighted by Gasteiger charge is 2.25. The molecule has 96 valence electrons. The summed E-state index contributed by atoms with van der Waals surface area (Å²) in [5.41, 5.74) is -0.194. The van der Waals surface area contributed by atoms with Crippen LogP contribution >= 0.6 is 0 Å². The average molecular weight is 231 g/mol. The van der Waals surface area contributed by atoms with Crippen LogP contribution < -0.4 is 5.32 Å². The minimum atomic E-state index is -0.439. The zero-order chi connectivity index (χ0) is 12.6. The summed E-state index contributed by atoms with van der Waals surface area (Å²) < 4.78 is 0. The summed E-state index contributed by atoms with van der Waals surface area (Å²) in [6.07, 6.45) is 2.07. The highest BCUT2D eigenvalue weighted by atomic mass is 16.3. The highest BCUT2D eigenvalue weighted by molar-refractivity contribution is 5.75. The summed E-state index contributed by atoms with van der Waals surface area (Å²) in [7, 11) is 0. The minimum Gasteiger partial charge on any atom is -0.396 e. The minimum absolute atomic E-state index is 0.0550. The highest BCUT2D eigenvalue weighted by Crippen LogP contribution is 2.24. The van der Waals surface area contributed by atoms with E-state index < -0.39 is 6.10 Å². The van der Waals surface area contributed by atoms with Gasteiger partial charge in [-0.3, -0.25) is 4.79 Å². The van der Waals surface area contributed by atoms with Gasteiger partial charge < -0.3 is 15.5 Å². The predicted octanol–water partition coefficient (Wildman–Crippen LogP) is 1.06. The second kappa shape index (κ2) is 7.63. The second-order valence-corrected chi connectivity index (χ2v) is 4.53. The van der Waals surface area contributed by atoms with Gasteiger partial charge in [0.1, 0.15) is 0 Å². The molecule has 0 rings (SSSR count). The molecule has 0 fully saturated rings. The molecule has 3 N–H and O–H groups in total. The topological polar surface area (TPSA) is 69.6 Å². The number of hydrogen-bond acceptors (Lipinski definition) is 3. The molecule has 16 heavy (non-hydrogen) atoms. The summed E-state index contributed by atoms with van der Waals surface area (Å²) in [5.74, 6) is -0.0550. The fourth-order valence-electron chi connectivity index (χ4n) is 1.49. The van der Waals surface area contributed by atoms with Crippen molar-refractivity contribution in [3.63, 3.8) is 0 Å². The maximum atomic E-state index is 11.4. The fourth-order valence-corrected chi connectivity index (χ4v) is 1.49. The lowest BCUT2D eigenvalue weighted by molar-refractivity contribution is -0.122. The van der Waals surface area contributed by atoms with Crippen molar-refractivity contribution < 1.29 is 15.0 Å². The molecule has 1 atom stereocenters. The quantitative estimate of drug-likeness (QED) is 0.585. The molecule has 1 amide bonds. The molecule has 0 aromatic rings. The number of nitrogens with one attached hydrogen (secondary N) is 1. The van der Waals surface area contributed by atoms with Gasteiger partial charge in [-0.25, -0.2) is 0 Å². The Bertz CT molecular complexity index is 192. The summed E-state index contributed by atoms with van der Waals surface area (Å²) >= 11 is 0. The van der Waals surface area contributed by atoms with E-state index in [1.807, 2.05) is 13.8 Å². The molecule has 1 unspecified atom stereocenters. The summed E-state index contributed by atoms with van der Waals surface area (Å²) in [4.78, 5) is 11.4. The van der Waals surface area contributed by atoms with Crippen LogP contribution in [0.3, 0.4) is 0 Å². The van der Waals surface area contributed by atoms with Gasteiger partial charge in [-0.2, -0.15) is 0 Å². The Labute approximate surface area is 98.1 Å². The van der Waals surface area contributed by atoms with Crippen molar-refractivity contribution in [2.24, 2.45) is 5.41 Å². The Balaban J connectivity index is 3.97. The van der Waals surface area contributed by atoms with Crippen LogP contribution in [0.2, 0.25) is 0 Å². The van der Waals surface area contributed by atoms with E-state index in [4.69, 9.17) is 5.11 Å². The zero-order valence-electron chi connectivity index (χ0n) is 10.6. The summed E-state index contributed by atoms with van der Waals surface area (Å²) in [6.45, 7) is 6.30. The third-order valence-corrected chi connectivity index (χ3v) is 3.29. The van der Waals surface area contributed by atoms with Crippen molar-refractivity contribution in [1.29, 1.82) is 0 Å². The van der Waals surface area contributed by atoms with Gasteiger partial charge in [-0.1, -0.05) is 13.8 Å². The fraction of sp³-hybridized carbons (Fsp3) is 0.917. The van der Waals surface area contributed by atoms with Crippen molar-refractivity contribution in [3.8, 4) is 0 Å². The standard InChI is InChI=1S/C12H25NO3/c1-4-12(5-2,9-14)8-13-11(16)7-6-10(3)15/h10,14-15H,4-9H2,1-3H3,(H,13,16). The number of carbonyl (C=O) groups excluding carboxylic acids is 1. The first-order chi connectivity index (χ1) is 7.49. The second-order valence-electron chi connectivity index (χ2n) is 4.53. The molecule has 0 aromatic heterocycles. The van der Waals surface area contributed by atoms with Gasteiger partial charge in [0, 0.05) is 18.4 Å². The molecule has 0 aliphatic heterocycles. The van der Waals surface area contributed by atoms with Crippen LogP contribution in [-0.2, 0) is 4.79 Å². The van der Waals surface area contributed by atoms with Crippen LogP contribution in [0.15, 0.2) is 0 Å². The molecule has 0 saturated carbocycles. The largest absolute Gasteiger partial charge is 0.396 e. The average Bonchev–Trinajstić information content (AvgIpc) is 2.29. The van der Waals surface area contributed by atoms with Gasteiger partial charge >= 0.3 is 0 Å². The molecular formula is C12H25NO3. The van der Waals surface area contributed by atoms with Crippen molar-refractivity contribution in [3.05, 3.63) is 0 Å². The molecule has 0 heterocycles. The summed E-state index contributed by atoms with van der Waals surface area (Å²) in [5, 5.41) is 21.2. The maximum absolute atomic E-state index is 11.4. The van der Waals surface area contributed by atoms with E-state index in [2.05, 4.69) is 5.32 Å². The van der Waals surface area contributed by atoms with Crippen molar-refractivity contribution >= 4 is 5.91 Å². The normalized spacial score (nSPS) is 13.6. The number of hydrogen-bond donors (Lipinski definition) is 3. The zero-order valence-corrected chi connectivity index (χ0v) is 10.6. The van der Waals surface area contributed by atoms with E-state index in [0.717, 1.165) is 12.8 Å². The number of amides is 1. The lowest BCUT2D eigenvalue weighted by atomic mass is 9.83. The molecule has 4 heteroatoms. The van der Waals surface area contributed by atoms with Crippen LogP contribution in [0, 0.1) is 5.41 Å². The molecule has 0 aliphatic carbocycles. The first-order valence-electron chi connectivity index (χ1n) is 6.05. The number of aliphatic hydroxyl groups excluding tert-OH is 2. The number of rotatable bonds is 8. The maximum Gasteiger partial charge on any atom is 0.220 e. The first-order valence-corrected chi connectivity index (χ1v) is 6.05. The van der Waals surface area contributed by atoms with Crippen LogP contribution in [0.4, 0.5) is 0 Å². The van der Waals surface area contributed by atoms with Gasteiger partial charge in [0.2, 0.25) is 5.91 Å². The Morgan fingerprint density at radius 1 is 1.38 bits per heavy atom. The van der Waals surface area contributed by atoms with Crippen molar-refractivity contribution in [1.82, 2.24) is 5.32 Å². The van der Waals surface area contributed by atoms with Gasteiger partial charge in [0.05, 0.1) is 12.7 Å². The van der Waals surface area contributed by atoms with Crippen molar-refractivity contribution in [2.75, 3.05) is 13.2 Å². The third-order valence-electron chi connectivity index (χ3n) is 3.29. The molecular weight excluding hydrogens is 206 g/mol. The molecule has 0 aromatic carbocycles. The Morgan fingerprint density at radius 3 is 2.31 bits per heavy atom. The lowest BCUT2D eigenvalue weighted by Gasteiger charge is -2.29. The Hall–Kier alpha value is -0.610. The smallest absolute Gasteiger partial charge is 0.220 e.